The Balaban J connectivity index is 1.42. The van der Waals surface area contributed by atoms with E-state index >= 15 is 0 Å². The summed E-state index contributed by atoms with van der Waals surface area (Å²) in [5, 5.41) is 9.49. The van der Waals surface area contributed by atoms with Crippen molar-refractivity contribution in [2.75, 3.05) is 7.11 Å². The fraction of sp³-hybridized carbons (Fsp3) is 0.323. The number of carboxylic acids is 1. The highest BCUT2D eigenvalue weighted by molar-refractivity contribution is 5.83. The fourth-order valence-corrected chi connectivity index (χ4v) is 5.50. The highest BCUT2D eigenvalue weighted by atomic mass is 19.1. The monoisotopic (exact) mass is 486 g/mol. The number of hydrogen-bond donors (Lipinski definition) is 1. The zero-order chi connectivity index (χ0) is 25.2. The molecule has 2 aliphatic rings. The number of rotatable bonds is 8. The van der Waals surface area contributed by atoms with Gasteiger partial charge in [0.05, 0.1) is 13.0 Å². The number of halogens is 1. The lowest BCUT2D eigenvalue weighted by molar-refractivity contribution is -0.141. The van der Waals surface area contributed by atoms with Gasteiger partial charge < -0.3 is 14.6 Å². The van der Waals surface area contributed by atoms with E-state index in [0.717, 1.165) is 60.1 Å². The molecule has 0 bridgehead atoms. The molecule has 0 amide bonds. The van der Waals surface area contributed by atoms with Gasteiger partial charge >= 0.3 is 5.97 Å². The van der Waals surface area contributed by atoms with Gasteiger partial charge in [-0.15, -0.1) is 0 Å². The van der Waals surface area contributed by atoms with Crippen molar-refractivity contribution < 1.29 is 23.8 Å². The zero-order valence-electron chi connectivity index (χ0n) is 20.7. The van der Waals surface area contributed by atoms with Crippen LogP contribution in [-0.2, 0) is 17.8 Å². The van der Waals surface area contributed by atoms with Gasteiger partial charge in [-0.2, -0.15) is 0 Å². The maximum atomic E-state index is 14.8. The third-order valence-electron chi connectivity index (χ3n) is 7.57. The molecule has 0 saturated carbocycles. The Labute approximate surface area is 211 Å². The molecular formula is C31H31FO4. The number of carbonyl (C=O) groups is 1. The van der Waals surface area contributed by atoms with Gasteiger partial charge in [0.2, 0.25) is 0 Å². The summed E-state index contributed by atoms with van der Waals surface area (Å²) in [5.41, 5.74) is 6.94. The summed E-state index contributed by atoms with van der Waals surface area (Å²) < 4.78 is 26.3. The van der Waals surface area contributed by atoms with E-state index in [2.05, 4.69) is 18.2 Å². The molecular weight excluding hydrogens is 455 g/mol. The van der Waals surface area contributed by atoms with Crippen LogP contribution in [0.4, 0.5) is 4.39 Å². The fourth-order valence-electron chi connectivity index (χ4n) is 5.50. The number of carboxylic acid groups (broad SMARTS) is 1. The molecule has 5 heteroatoms. The van der Waals surface area contributed by atoms with Crippen LogP contribution in [0, 0.1) is 11.7 Å². The Hall–Kier alpha value is -3.60. The van der Waals surface area contributed by atoms with Crippen molar-refractivity contribution in [2.24, 2.45) is 5.92 Å². The molecule has 2 atom stereocenters. The highest BCUT2D eigenvalue weighted by Gasteiger charge is 2.31. The molecule has 2 aliphatic carbocycles. The van der Waals surface area contributed by atoms with E-state index in [1.165, 1.54) is 17.2 Å². The summed E-state index contributed by atoms with van der Waals surface area (Å²) in [6.07, 6.45) is 7.09. The third-order valence-corrected chi connectivity index (χ3v) is 7.57. The summed E-state index contributed by atoms with van der Waals surface area (Å²) in [4.78, 5) is 11.6. The first-order chi connectivity index (χ1) is 17.4. The normalized spacial score (nSPS) is 17.4. The summed E-state index contributed by atoms with van der Waals surface area (Å²) in [6, 6.07) is 16.9. The molecule has 0 unspecified atom stereocenters. The zero-order valence-corrected chi connectivity index (χ0v) is 20.7. The molecule has 0 fully saturated rings. The van der Waals surface area contributed by atoms with Gasteiger partial charge in [-0.25, -0.2) is 4.39 Å². The summed E-state index contributed by atoms with van der Waals surface area (Å²) >= 11 is 0. The van der Waals surface area contributed by atoms with Crippen molar-refractivity contribution in [1.82, 2.24) is 0 Å². The van der Waals surface area contributed by atoms with Gasteiger partial charge in [-0.3, -0.25) is 4.79 Å². The minimum Gasteiger partial charge on any atom is -0.497 e. The number of ether oxygens (including phenoxy) is 2. The first kappa shape index (κ1) is 24.1. The van der Waals surface area contributed by atoms with E-state index in [9.17, 15) is 14.3 Å². The minimum absolute atomic E-state index is 0.0130. The lowest BCUT2D eigenvalue weighted by Gasteiger charge is -2.18. The molecule has 186 valence electrons. The molecule has 0 aliphatic heterocycles. The van der Waals surface area contributed by atoms with Crippen LogP contribution < -0.4 is 9.47 Å². The number of methoxy groups -OCH3 is 1. The average molecular weight is 487 g/mol. The maximum Gasteiger partial charge on any atom is 0.306 e. The van der Waals surface area contributed by atoms with Gasteiger partial charge in [0.1, 0.15) is 23.9 Å². The topological polar surface area (TPSA) is 55.8 Å². The van der Waals surface area contributed by atoms with Crippen molar-refractivity contribution in [3.63, 3.8) is 0 Å². The molecule has 0 saturated heterocycles. The van der Waals surface area contributed by atoms with Gasteiger partial charge in [0, 0.05) is 5.56 Å². The lowest BCUT2D eigenvalue weighted by Crippen LogP contribution is -2.17. The molecule has 3 aromatic rings. The first-order valence-electron chi connectivity index (χ1n) is 12.6. The molecule has 0 heterocycles. The van der Waals surface area contributed by atoms with Crippen molar-refractivity contribution in [3.8, 4) is 22.6 Å². The molecule has 36 heavy (non-hydrogen) atoms. The van der Waals surface area contributed by atoms with E-state index in [1.54, 1.807) is 26.2 Å². The van der Waals surface area contributed by atoms with Crippen LogP contribution in [-0.4, -0.2) is 18.2 Å². The van der Waals surface area contributed by atoms with E-state index in [4.69, 9.17) is 9.47 Å². The standard InChI is InChI=1S/C31H31FO4/c1-19(31(33)34)25-13-9-22-8-10-24(17-28(22)25)36-18-20-7-12-26(27(15-20)21-5-3-4-6-21)29-16-23(35-2)11-14-30(29)32/h5,7-8,10-12,14-17,19,25H,3-4,6,9,13,18H2,1-2H3,(H,33,34)/t19-,25+/m0/s1. The predicted octanol–water partition coefficient (Wildman–Crippen LogP) is 7.40. The first-order valence-corrected chi connectivity index (χ1v) is 12.6. The number of aliphatic carboxylic acids is 1. The van der Waals surface area contributed by atoms with Crippen LogP contribution in [0.2, 0.25) is 0 Å². The van der Waals surface area contributed by atoms with Gasteiger partial charge in [0.25, 0.3) is 0 Å². The van der Waals surface area contributed by atoms with Crippen LogP contribution in [0.25, 0.3) is 16.7 Å². The SMILES string of the molecule is COc1ccc(F)c(-c2ccc(COc3ccc4c(c3)[C@@H]([C@H](C)C(=O)O)CC4)cc2C2=CCCC2)c1. The van der Waals surface area contributed by atoms with Crippen molar-refractivity contribution >= 4 is 11.5 Å². The van der Waals surface area contributed by atoms with Crippen LogP contribution in [0.3, 0.4) is 0 Å². The summed E-state index contributed by atoms with van der Waals surface area (Å²) in [7, 11) is 1.58. The van der Waals surface area contributed by atoms with E-state index in [-0.39, 0.29) is 11.7 Å². The molecule has 5 rings (SSSR count). The molecule has 3 aromatic carbocycles. The second-order valence-electron chi connectivity index (χ2n) is 9.77. The van der Waals surface area contributed by atoms with E-state index < -0.39 is 11.9 Å². The number of allylic oxidation sites excluding steroid dienone is 2. The molecule has 0 aromatic heterocycles. The summed E-state index contributed by atoms with van der Waals surface area (Å²) in [5.74, 6) is -0.0872. The largest absolute Gasteiger partial charge is 0.497 e. The highest BCUT2D eigenvalue weighted by Crippen LogP contribution is 2.41. The number of fused-ring (bicyclic) bond motifs is 1. The van der Waals surface area contributed by atoms with Crippen molar-refractivity contribution in [2.45, 2.75) is 51.6 Å². The third kappa shape index (κ3) is 4.75. The Morgan fingerprint density at radius 1 is 1.03 bits per heavy atom. The van der Waals surface area contributed by atoms with E-state index in [1.807, 2.05) is 24.3 Å². The Morgan fingerprint density at radius 3 is 2.61 bits per heavy atom. The Bertz CT molecular complexity index is 1330. The van der Waals surface area contributed by atoms with Crippen molar-refractivity contribution in [3.05, 3.63) is 88.7 Å². The van der Waals surface area contributed by atoms with Crippen LogP contribution in [0.15, 0.2) is 60.7 Å². The quantitative estimate of drug-likeness (QED) is 0.360. The molecule has 0 spiro atoms. The van der Waals surface area contributed by atoms with Crippen LogP contribution in [0.5, 0.6) is 11.5 Å². The van der Waals surface area contributed by atoms with Gasteiger partial charge in [-0.1, -0.05) is 31.2 Å². The second-order valence-corrected chi connectivity index (χ2v) is 9.77. The Morgan fingerprint density at radius 2 is 1.86 bits per heavy atom. The van der Waals surface area contributed by atoms with Crippen LogP contribution >= 0.6 is 0 Å². The summed E-state index contributed by atoms with van der Waals surface area (Å²) in [6.45, 7) is 2.15. The molecule has 0 radical (unpaired) electrons. The number of hydrogen-bond acceptors (Lipinski definition) is 3. The number of benzene rings is 3. The molecule has 1 N–H and O–H groups in total. The average Bonchev–Trinajstić information content (AvgIpc) is 3.57. The lowest BCUT2D eigenvalue weighted by atomic mass is 9.88. The van der Waals surface area contributed by atoms with Gasteiger partial charge in [-0.05, 0) is 108 Å². The van der Waals surface area contributed by atoms with Crippen LogP contribution in [0.1, 0.15) is 60.8 Å². The van der Waals surface area contributed by atoms with Gasteiger partial charge in [0.15, 0.2) is 0 Å². The van der Waals surface area contributed by atoms with Crippen molar-refractivity contribution in [1.29, 1.82) is 0 Å². The maximum absolute atomic E-state index is 14.8. The minimum atomic E-state index is -0.763. The molecule has 4 nitrogen and oxygen atoms in total. The second kappa shape index (κ2) is 10.2. The smallest absolute Gasteiger partial charge is 0.306 e. The van der Waals surface area contributed by atoms with E-state index in [0.29, 0.717) is 17.9 Å². The predicted molar refractivity (Wildman–Crippen MR) is 139 cm³/mol. The number of aryl methyl sites for hydroxylation is 1. The Kier molecular flexibility index (Phi) is 6.82.